The van der Waals surface area contributed by atoms with Gasteiger partial charge in [-0.1, -0.05) is 0 Å². The van der Waals surface area contributed by atoms with Crippen LogP contribution >= 0.6 is 0 Å². The summed E-state index contributed by atoms with van der Waals surface area (Å²) in [4.78, 5) is 34.0. The van der Waals surface area contributed by atoms with Crippen LogP contribution in [0.2, 0.25) is 0 Å². The number of anilines is 2. The fraction of sp³-hybridized carbons (Fsp3) is 0.393. The van der Waals surface area contributed by atoms with E-state index < -0.39 is 0 Å². The maximum absolute atomic E-state index is 15.0. The Balaban J connectivity index is 0.00000231. The van der Waals surface area contributed by atoms with E-state index in [-0.39, 0.29) is 20.6 Å². The van der Waals surface area contributed by atoms with Crippen LogP contribution in [0.4, 0.5) is 16.0 Å². The molecule has 1 aliphatic rings. The molecule has 4 heterocycles. The van der Waals surface area contributed by atoms with Crippen LogP contribution in [0, 0.1) is 12.7 Å². The van der Waals surface area contributed by atoms with Crippen LogP contribution in [0.3, 0.4) is 0 Å². The lowest BCUT2D eigenvalue weighted by Gasteiger charge is -2.33. The van der Waals surface area contributed by atoms with E-state index in [0.29, 0.717) is 30.2 Å². The minimum absolute atomic E-state index is 0. The number of aromatic nitrogens is 5. The highest BCUT2D eigenvalue weighted by molar-refractivity contribution is 5.84. The Morgan fingerprint density at radius 2 is 1.79 bits per heavy atom. The lowest BCUT2D eigenvalue weighted by atomic mass is 10.1. The van der Waals surface area contributed by atoms with Gasteiger partial charge in [-0.2, -0.15) is 0 Å². The molecule has 10 nitrogen and oxygen atoms in total. The highest BCUT2D eigenvalue weighted by atomic mass is 19.1. The zero-order valence-electron chi connectivity index (χ0n) is 22.8. The third-order valence-electron chi connectivity index (χ3n) is 6.99. The summed E-state index contributed by atoms with van der Waals surface area (Å²) in [7, 11) is 1.66. The first-order chi connectivity index (χ1) is 18.8. The van der Waals surface area contributed by atoms with Crippen molar-refractivity contribution < 1.29 is 12.0 Å². The number of imidazole rings is 1. The number of piperazine rings is 1. The fourth-order valence-electron chi connectivity index (χ4n) is 5.01. The Hall–Kier alpha value is -3.96. The number of rotatable bonds is 8. The summed E-state index contributed by atoms with van der Waals surface area (Å²) in [6.45, 7) is 10.6. The van der Waals surface area contributed by atoms with Gasteiger partial charge in [-0.15, -0.1) is 0 Å². The smallest absolute Gasteiger partial charge is 0.233 e. The van der Waals surface area contributed by atoms with E-state index in [0.717, 1.165) is 54.3 Å². The molecule has 1 amide bonds. The number of benzene rings is 1. The molecule has 0 saturated carbocycles. The lowest BCUT2D eigenvalue weighted by molar-refractivity contribution is -0.122. The predicted octanol–water partition coefficient (Wildman–Crippen LogP) is 4.02. The maximum Gasteiger partial charge on any atom is 0.233 e. The van der Waals surface area contributed by atoms with Crippen molar-refractivity contribution in [3.8, 4) is 11.1 Å². The first-order valence-electron chi connectivity index (χ1n) is 13.2. The van der Waals surface area contributed by atoms with Gasteiger partial charge in [-0.25, -0.2) is 19.3 Å². The number of carbonyl (C=O) groups excluding carboxylic acids is 1. The van der Waals surface area contributed by atoms with Gasteiger partial charge in [-0.3, -0.25) is 19.6 Å². The van der Waals surface area contributed by atoms with Gasteiger partial charge in [0.25, 0.3) is 0 Å². The second-order valence-corrected chi connectivity index (χ2v) is 10.1. The average molecular weight is 536 g/mol. The van der Waals surface area contributed by atoms with Crippen LogP contribution < -0.4 is 10.6 Å². The number of likely N-dealkylation sites (N-methyl/N-ethyl adjacent to an activating group) is 1. The number of nitrogens with one attached hydrogen (secondary N) is 2. The van der Waals surface area contributed by atoms with E-state index >= 15 is 0 Å². The van der Waals surface area contributed by atoms with Crippen molar-refractivity contribution in [3.63, 3.8) is 0 Å². The van der Waals surface area contributed by atoms with Crippen LogP contribution in [-0.4, -0.2) is 80.0 Å². The molecule has 1 aromatic carbocycles. The molecule has 0 aliphatic carbocycles. The highest BCUT2D eigenvalue weighted by Crippen LogP contribution is 2.30. The van der Waals surface area contributed by atoms with E-state index in [4.69, 9.17) is 0 Å². The van der Waals surface area contributed by atoms with Gasteiger partial charge < -0.3 is 15.2 Å². The lowest BCUT2D eigenvalue weighted by Crippen LogP contribution is -2.48. The van der Waals surface area contributed by atoms with E-state index in [1.54, 1.807) is 25.6 Å². The highest BCUT2D eigenvalue weighted by Gasteiger charge is 2.19. The molecule has 5 rings (SSSR count). The Kier molecular flexibility index (Phi) is 7.80. The molecule has 1 fully saturated rings. The number of hydrogen-bond donors (Lipinski definition) is 2. The first kappa shape index (κ1) is 26.6. The molecule has 1 saturated heterocycles. The number of fused-ring (bicyclic) bond motifs is 1. The van der Waals surface area contributed by atoms with Gasteiger partial charge in [-0.05, 0) is 56.2 Å². The molecule has 4 aromatic rings. The summed E-state index contributed by atoms with van der Waals surface area (Å²) >= 11 is 0. The molecule has 3 aromatic heterocycles. The van der Waals surface area contributed by atoms with Gasteiger partial charge in [0.1, 0.15) is 23.0 Å². The molecule has 1 aliphatic heterocycles. The normalized spacial score (nSPS) is 14.7. The molecule has 0 radical (unpaired) electrons. The van der Waals surface area contributed by atoms with Gasteiger partial charge in [0.2, 0.25) is 5.91 Å². The number of pyridine rings is 1. The minimum atomic E-state index is -0.342. The summed E-state index contributed by atoms with van der Waals surface area (Å²) in [6.07, 6.45) is 5.15. The second kappa shape index (κ2) is 11.4. The van der Waals surface area contributed by atoms with Crippen molar-refractivity contribution in [2.24, 2.45) is 0 Å². The second-order valence-electron chi connectivity index (χ2n) is 10.1. The maximum atomic E-state index is 15.0. The van der Waals surface area contributed by atoms with Gasteiger partial charge >= 0.3 is 0 Å². The summed E-state index contributed by atoms with van der Waals surface area (Å²) in [5, 5.41) is 5.88. The summed E-state index contributed by atoms with van der Waals surface area (Å²) in [5.41, 5.74) is 3.63. The molecule has 0 bridgehead atoms. The molecule has 0 spiro atoms. The van der Waals surface area contributed by atoms with Crippen molar-refractivity contribution in [1.82, 2.24) is 39.6 Å². The standard InChI is InChI=1S/C28H34FN9O.2H2/c1-18(2)38-19(3)34-28-23(29)11-21(12-24(28)38)20-5-6-31-25(13-20)35-26-15-32-22(14-33-26)16-36-7-9-37(10-8-36)17-27(39)30-4;;/h5-6,11-15,18H,7-10,16-17H2,1-4H3,(H,30,39)(H,31,33,35);2*1H. The molecule has 0 atom stereocenters. The van der Waals surface area contributed by atoms with Crippen molar-refractivity contribution in [3.05, 3.63) is 60.2 Å². The summed E-state index contributed by atoms with van der Waals surface area (Å²) < 4.78 is 17.0. The first-order valence-corrected chi connectivity index (χ1v) is 13.2. The summed E-state index contributed by atoms with van der Waals surface area (Å²) in [5.74, 6) is 1.66. The van der Waals surface area contributed by atoms with E-state index in [9.17, 15) is 9.18 Å². The van der Waals surface area contributed by atoms with Gasteiger partial charge in [0.05, 0.1) is 30.1 Å². The number of halogens is 1. The minimum Gasteiger partial charge on any atom is -0.358 e. The van der Waals surface area contributed by atoms with Gasteiger partial charge in [0, 0.05) is 54.9 Å². The molecular formula is C28H38FN9O. The fourth-order valence-corrected chi connectivity index (χ4v) is 5.01. The van der Waals surface area contributed by atoms with Crippen molar-refractivity contribution in [1.29, 1.82) is 0 Å². The molecule has 39 heavy (non-hydrogen) atoms. The third-order valence-corrected chi connectivity index (χ3v) is 6.99. The van der Waals surface area contributed by atoms with Crippen molar-refractivity contribution >= 4 is 28.6 Å². The van der Waals surface area contributed by atoms with Crippen molar-refractivity contribution in [2.45, 2.75) is 33.4 Å². The Labute approximate surface area is 230 Å². The van der Waals surface area contributed by atoms with E-state index in [1.165, 1.54) is 6.07 Å². The predicted molar refractivity (Wildman–Crippen MR) is 153 cm³/mol. The number of nitrogens with zero attached hydrogens (tertiary/aromatic N) is 7. The molecule has 208 valence electrons. The van der Waals surface area contributed by atoms with Crippen molar-refractivity contribution in [2.75, 3.05) is 45.1 Å². The zero-order chi connectivity index (χ0) is 27.5. The number of carbonyl (C=O) groups is 1. The third kappa shape index (κ3) is 6.04. The molecular weight excluding hydrogens is 497 g/mol. The number of hydrogen-bond acceptors (Lipinski definition) is 8. The van der Waals surface area contributed by atoms with Crippen LogP contribution in [0.25, 0.3) is 22.2 Å². The van der Waals surface area contributed by atoms with Crippen LogP contribution in [0.5, 0.6) is 0 Å². The molecule has 0 unspecified atom stereocenters. The Morgan fingerprint density at radius 1 is 1.03 bits per heavy atom. The SMILES string of the molecule is CNC(=O)CN1CCN(Cc2cnc(Nc3cc(-c4cc(F)c5nc(C)n(C(C)C)c5c4)ccn3)cn2)CC1.[HH].[HH]. The summed E-state index contributed by atoms with van der Waals surface area (Å²) in [6, 6.07) is 7.39. The van der Waals surface area contributed by atoms with Gasteiger partial charge in [0.15, 0.2) is 5.82 Å². The average Bonchev–Trinajstić information content (AvgIpc) is 3.27. The Bertz CT molecular complexity index is 1470. The molecule has 2 N–H and O–H groups in total. The van der Waals surface area contributed by atoms with Crippen LogP contribution in [0.15, 0.2) is 42.9 Å². The van der Waals surface area contributed by atoms with Crippen LogP contribution in [-0.2, 0) is 11.3 Å². The van der Waals surface area contributed by atoms with E-state index in [2.05, 4.69) is 54.2 Å². The Morgan fingerprint density at radius 3 is 2.49 bits per heavy atom. The number of amides is 1. The van der Waals surface area contributed by atoms with Crippen LogP contribution in [0.1, 0.15) is 34.3 Å². The largest absolute Gasteiger partial charge is 0.358 e. The molecule has 11 heteroatoms. The topological polar surface area (TPSA) is 104 Å². The number of aryl methyl sites for hydroxylation is 1. The monoisotopic (exact) mass is 535 g/mol. The van der Waals surface area contributed by atoms with E-state index in [1.807, 2.05) is 29.7 Å². The quantitative estimate of drug-likeness (QED) is 0.349. The zero-order valence-corrected chi connectivity index (χ0v) is 22.8.